The minimum absolute atomic E-state index is 0.00625. The third-order valence-corrected chi connectivity index (χ3v) is 4.62. The van der Waals surface area contributed by atoms with Crippen LogP contribution in [0.25, 0.3) is 16.8 Å². The maximum absolute atomic E-state index is 13.3. The summed E-state index contributed by atoms with van der Waals surface area (Å²) in [4.78, 5) is 21.5. The van der Waals surface area contributed by atoms with Gasteiger partial charge >= 0.3 is 6.18 Å². The van der Waals surface area contributed by atoms with E-state index in [1.54, 1.807) is 26.2 Å². The van der Waals surface area contributed by atoms with E-state index >= 15 is 0 Å². The van der Waals surface area contributed by atoms with Gasteiger partial charge in [-0.15, -0.1) is 22.0 Å². The van der Waals surface area contributed by atoms with Crippen LogP contribution in [-0.2, 0) is 11.0 Å². The van der Waals surface area contributed by atoms with Crippen LogP contribution >= 0.6 is 11.8 Å². The summed E-state index contributed by atoms with van der Waals surface area (Å²) in [7, 11) is 3.34. The Bertz CT molecular complexity index is 956. The Balaban J connectivity index is 1.95. The van der Waals surface area contributed by atoms with Crippen LogP contribution in [0, 0.1) is 0 Å². The number of alkyl halides is 3. The lowest BCUT2D eigenvalue weighted by atomic mass is 10.3. The smallest absolute Gasteiger partial charge is 0.349 e. The molecule has 0 aliphatic carbocycles. The molecule has 11 heteroatoms. The van der Waals surface area contributed by atoms with Crippen molar-refractivity contribution >= 4 is 34.5 Å². The number of amides is 1. The molecule has 3 rings (SSSR count). The van der Waals surface area contributed by atoms with E-state index in [1.807, 2.05) is 0 Å². The second-order valence-electron chi connectivity index (χ2n) is 5.68. The van der Waals surface area contributed by atoms with Gasteiger partial charge in [0, 0.05) is 32.5 Å². The molecule has 0 aliphatic heterocycles. The molecule has 26 heavy (non-hydrogen) atoms. The molecule has 0 aliphatic rings. The second-order valence-corrected chi connectivity index (χ2v) is 6.77. The molecular weight excluding hydrogens is 369 g/mol. The van der Waals surface area contributed by atoms with E-state index in [0.717, 1.165) is 4.40 Å². The van der Waals surface area contributed by atoms with Crippen LogP contribution in [0.15, 0.2) is 23.4 Å². The summed E-state index contributed by atoms with van der Waals surface area (Å²) in [6.07, 6.45) is -2.35. The number of halogens is 3. The highest BCUT2D eigenvalue weighted by molar-refractivity contribution is 7.99. The highest BCUT2D eigenvalue weighted by Crippen LogP contribution is 2.32. The van der Waals surface area contributed by atoms with Crippen molar-refractivity contribution in [3.05, 3.63) is 24.2 Å². The molecule has 0 bridgehead atoms. The highest BCUT2D eigenvalue weighted by atomic mass is 32.2. The van der Waals surface area contributed by atoms with Gasteiger partial charge in [-0.25, -0.2) is 9.97 Å². The van der Waals surface area contributed by atoms with Crippen molar-refractivity contribution in [2.24, 2.45) is 0 Å². The van der Waals surface area contributed by atoms with Crippen molar-refractivity contribution in [1.82, 2.24) is 29.5 Å². The van der Waals surface area contributed by atoms with E-state index in [0.29, 0.717) is 29.1 Å². The Morgan fingerprint density at radius 2 is 2.04 bits per heavy atom. The van der Waals surface area contributed by atoms with Gasteiger partial charge in [-0.3, -0.25) is 9.20 Å². The maximum atomic E-state index is 13.3. The fourth-order valence-electron chi connectivity index (χ4n) is 2.33. The second kappa shape index (κ2) is 7.06. The van der Waals surface area contributed by atoms with Crippen LogP contribution in [0.1, 0.15) is 18.7 Å². The molecule has 0 fully saturated rings. The van der Waals surface area contributed by atoms with Gasteiger partial charge in [0.05, 0.1) is 0 Å². The van der Waals surface area contributed by atoms with Crippen LogP contribution < -0.4 is 0 Å². The third-order valence-electron chi connectivity index (χ3n) is 3.58. The quantitative estimate of drug-likeness (QED) is 0.497. The average molecular weight is 384 g/mol. The monoisotopic (exact) mass is 384 g/mol. The van der Waals surface area contributed by atoms with Gasteiger partial charge in [0.1, 0.15) is 10.5 Å². The summed E-state index contributed by atoms with van der Waals surface area (Å²) in [5, 5.41) is 7.29. The number of rotatable bonds is 5. The van der Waals surface area contributed by atoms with E-state index in [2.05, 4.69) is 20.2 Å². The van der Waals surface area contributed by atoms with Gasteiger partial charge < -0.3 is 4.90 Å². The predicted molar refractivity (Wildman–Crippen MR) is 89.7 cm³/mol. The number of nitrogens with zero attached hydrogens (tertiary/aromatic N) is 6. The Morgan fingerprint density at radius 1 is 1.27 bits per heavy atom. The summed E-state index contributed by atoms with van der Waals surface area (Å²) in [5.41, 5.74) is 0.372. The summed E-state index contributed by atoms with van der Waals surface area (Å²) >= 11 is 1.24. The lowest BCUT2D eigenvalue weighted by Gasteiger charge is -2.10. The molecule has 3 aromatic rings. The van der Waals surface area contributed by atoms with Gasteiger partial charge in [-0.2, -0.15) is 13.2 Å². The van der Waals surface area contributed by atoms with Crippen molar-refractivity contribution in [1.29, 1.82) is 0 Å². The number of hydrogen-bond acceptors (Lipinski definition) is 6. The van der Waals surface area contributed by atoms with E-state index in [-0.39, 0.29) is 17.2 Å². The normalized spacial score (nSPS) is 12.0. The van der Waals surface area contributed by atoms with E-state index in [9.17, 15) is 18.0 Å². The number of hydrogen-bond donors (Lipinski definition) is 0. The largest absolute Gasteiger partial charge is 0.452 e. The van der Waals surface area contributed by atoms with Crippen LogP contribution in [0.2, 0.25) is 0 Å². The number of fused-ring (bicyclic) bond motifs is 3. The molecule has 0 saturated heterocycles. The van der Waals surface area contributed by atoms with Crippen molar-refractivity contribution in [2.75, 3.05) is 19.8 Å². The van der Waals surface area contributed by atoms with Crippen LogP contribution in [-0.4, -0.2) is 55.2 Å². The van der Waals surface area contributed by atoms with Gasteiger partial charge in [0.25, 0.3) is 0 Å². The van der Waals surface area contributed by atoms with Crippen molar-refractivity contribution in [2.45, 2.75) is 24.0 Å². The average Bonchev–Trinajstić information content (AvgIpc) is 3.04. The molecule has 138 valence electrons. The van der Waals surface area contributed by atoms with Gasteiger partial charge in [0.2, 0.25) is 11.7 Å². The van der Waals surface area contributed by atoms with Crippen LogP contribution in [0.4, 0.5) is 13.2 Å². The Kier molecular flexibility index (Phi) is 4.99. The topological polar surface area (TPSA) is 76.3 Å². The SMILES string of the molecule is CN(C)C(=O)CCCSc1nc2cccnc2n2c(C(F)(F)F)nnc12. The first-order chi connectivity index (χ1) is 12.3. The van der Waals surface area contributed by atoms with Gasteiger partial charge in [0.15, 0.2) is 11.3 Å². The summed E-state index contributed by atoms with van der Waals surface area (Å²) in [6.45, 7) is 0. The highest BCUT2D eigenvalue weighted by Gasteiger charge is 2.38. The van der Waals surface area contributed by atoms with Gasteiger partial charge in [-0.1, -0.05) is 0 Å². The van der Waals surface area contributed by atoms with E-state index < -0.39 is 12.0 Å². The first-order valence-electron chi connectivity index (χ1n) is 7.69. The first kappa shape index (κ1) is 18.4. The third kappa shape index (κ3) is 3.57. The molecule has 0 radical (unpaired) electrons. The zero-order valence-electron chi connectivity index (χ0n) is 14.0. The summed E-state index contributed by atoms with van der Waals surface area (Å²) in [6, 6.07) is 3.19. The molecule has 7 nitrogen and oxygen atoms in total. The number of thioether (sulfide) groups is 1. The Labute approximate surface area is 150 Å². The minimum Gasteiger partial charge on any atom is -0.349 e. The molecule has 0 atom stereocenters. The van der Waals surface area contributed by atoms with Crippen LogP contribution in [0.3, 0.4) is 0 Å². The summed E-state index contributed by atoms with van der Waals surface area (Å²) in [5.74, 6) is -0.626. The first-order valence-corrected chi connectivity index (χ1v) is 8.67. The fourth-order valence-corrected chi connectivity index (χ4v) is 3.23. The number of pyridine rings is 1. The molecule has 0 spiro atoms. The van der Waals surface area contributed by atoms with Crippen molar-refractivity contribution in [3.63, 3.8) is 0 Å². The van der Waals surface area contributed by atoms with Gasteiger partial charge in [-0.05, 0) is 18.6 Å². The number of carbonyl (C=O) groups excluding carboxylic acids is 1. The number of aromatic nitrogens is 5. The van der Waals surface area contributed by atoms with E-state index in [1.165, 1.54) is 22.9 Å². The summed E-state index contributed by atoms with van der Waals surface area (Å²) < 4.78 is 40.7. The van der Waals surface area contributed by atoms with Crippen molar-refractivity contribution in [3.8, 4) is 0 Å². The molecule has 0 unspecified atom stereocenters. The minimum atomic E-state index is -4.66. The maximum Gasteiger partial charge on any atom is 0.452 e. The standard InChI is InChI=1S/C15H15F3N6OS/c1-23(2)10(25)6-4-8-26-13-12-21-22-14(15(16,17)18)24(12)11-9(20-13)5-3-7-19-11/h3,5,7H,4,6,8H2,1-2H3. The zero-order valence-corrected chi connectivity index (χ0v) is 14.8. The lowest BCUT2D eigenvalue weighted by molar-refractivity contribution is -0.145. The van der Waals surface area contributed by atoms with Crippen LogP contribution in [0.5, 0.6) is 0 Å². The molecular formula is C15H15F3N6OS. The van der Waals surface area contributed by atoms with Crippen molar-refractivity contribution < 1.29 is 18.0 Å². The molecule has 3 heterocycles. The predicted octanol–water partition coefficient (Wildman–Crippen LogP) is 2.65. The number of carbonyl (C=O) groups is 1. The van der Waals surface area contributed by atoms with E-state index in [4.69, 9.17) is 0 Å². The molecule has 1 amide bonds. The Hall–Kier alpha value is -2.43. The Morgan fingerprint density at radius 3 is 2.73 bits per heavy atom. The molecule has 0 saturated carbocycles. The molecule has 0 N–H and O–H groups in total. The fraction of sp³-hybridized carbons (Fsp3) is 0.400. The zero-order chi connectivity index (χ0) is 18.9. The lowest BCUT2D eigenvalue weighted by Crippen LogP contribution is -2.21. The molecule has 0 aromatic carbocycles. The molecule has 3 aromatic heterocycles.